The Bertz CT molecular complexity index is 924. The normalized spacial score (nSPS) is 12.0. The molecule has 136 valence electrons. The fourth-order valence-electron chi connectivity index (χ4n) is 2.21. The summed E-state index contributed by atoms with van der Waals surface area (Å²) in [4.78, 5) is 5.85. The third-order valence-corrected chi connectivity index (χ3v) is 5.03. The standard InChI is InChI=1S/C18H13ClF3NO2S/c19-17-14-6-1-2-7-15(14)26-16(17)11-23-25-9-8-24-13-5-3-4-12(10-13)18(20,21)22/h1-7,10-11H,8-9H2/b23-11-. The molecule has 0 unspecified atom stereocenters. The van der Waals surface area contributed by atoms with Crippen molar-refractivity contribution in [2.45, 2.75) is 6.18 Å². The average molecular weight is 400 g/mol. The van der Waals surface area contributed by atoms with Crippen LogP contribution in [0, 0.1) is 0 Å². The van der Waals surface area contributed by atoms with Crippen molar-refractivity contribution in [1.29, 1.82) is 0 Å². The van der Waals surface area contributed by atoms with E-state index in [0.29, 0.717) is 5.02 Å². The number of oxime groups is 1. The van der Waals surface area contributed by atoms with Crippen LogP contribution in [0.25, 0.3) is 10.1 Å². The highest BCUT2D eigenvalue weighted by Gasteiger charge is 2.30. The molecule has 0 aliphatic carbocycles. The van der Waals surface area contributed by atoms with Crippen LogP contribution in [0.2, 0.25) is 5.02 Å². The number of ether oxygens (including phenoxy) is 1. The van der Waals surface area contributed by atoms with Crippen molar-refractivity contribution in [3.8, 4) is 5.75 Å². The first-order valence-electron chi connectivity index (χ1n) is 7.57. The first-order valence-corrected chi connectivity index (χ1v) is 8.77. The van der Waals surface area contributed by atoms with Crippen molar-refractivity contribution in [2.24, 2.45) is 5.16 Å². The van der Waals surface area contributed by atoms with Gasteiger partial charge in [0.05, 0.1) is 21.7 Å². The van der Waals surface area contributed by atoms with Crippen molar-refractivity contribution < 1.29 is 22.7 Å². The van der Waals surface area contributed by atoms with Crippen LogP contribution in [0.1, 0.15) is 10.4 Å². The Hall–Kier alpha value is -2.25. The maximum atomic E-state index is 12.6. The number of nitrogens with zero attached hydrogens (tertiary/aromatic N) is 1. The molecule has 0 amide bonds. The van der Waals surface area contributed by atoms with Gasteiger partial charge in [0, 0.05) is 10.1 Å². The Balaban J connectivity index is 1.50. The molecule has 1 heterocycles. The topological polar surface area (TPSA) is 30.8 Å². The van der Waals surface area contributed by atoms with E-state index in [0.717, 1.165) is 27.1 Å². The van der Waals surface area contributed by atoms with Crippen LogP contribution in [-0.4, -0.2) is 19.4 Å². The largest absolute Gasteiger partial charge is 0.490 e. The summed E-state index contributed by atoms with van der Waals surface area (Å²) < 4.78 is 44.1. The Labute approximate surface area is 156 Å². The highest BCUT2D eigenvalue weighted by atomic mass is 35.5. The lowest BCUT2D eigenvalue weighted by Gasteiger charge is -2.09. The minimum absolute atomic E-state index is 0.0683. The molecule has 0 spiro atoms. The third kappa shape index (κ3) is 4.47. The van der Waals surface area contributed by atoms with E-state index in [1.54, 1.807) is 0 Å². The summed E-state index contributed by atoms with van der Waals surface area (Å²) in [5.74, 6) is 0.125. The quantitative estimate of drug-likeness (QED) is 0.289. The molecule has 0 bridgehead atoms. The first kappa shape index (κ1) is 18.5. The monoisotopic (exact) mass is 399 g/mol. The van der Waals surface area contributed by atoms with Gasteiger partial charge in [-0.25, -0.2) is 0 Å². The van der Waals surface area contributed by atoms with E-state index in [1.807, 2.05) is 24.3 Å². The summed E-state index contributed by atoms with van der Waals surface area (Å²) in [6, 6.07) is 12.4. The van der Waals surface area contributed by atoms with Gasteiger partial charge >= 0.3 is 6.18 Å². The molecule has 0 aliphatic rings. The van der Waals surface area contributed by atoms with E-state index in [4.69, 9.17) is 21.2 Å². The Morgan fingerprint density at radius 1 is 1.08 bits per heavy atom. The molecule has 0 radical (unpaired) electrons. The summed E-state index contributed by atoms with van der Waals surface area (Å²) in [7, 11) is 0. The minimum Gasteiger partial charge on any atom is -0.490 e. The molecule has 26 heavy (non-hydrogen) atoms. The SMILES string of the molecule is FC(F)(F)c1cccc(OCCO/N=C\c2sc3ccccc3c2Cl)c1. The molecule has 0 aliphatic heterocycles. The zero-order valence-electron chi connectivity index (χ0n) is 13.3. The van der Waals surface area contributed by atoms with Crippen LogP contribution in [-0.2, 0) is 11.0 Å². The van der Waals surface area contributed by atoms with Crippen molar-refractivity contribution >= 4 is 39.2 Å². The van der Waals surface area contributed by atoms with Crippen LogP contribution in [0.4, 0.5) is 13.2 Å². The van der Waals surface area contributed by atoms with E-state index in [9.17, 15) is 13.2 Å². The van der Waals surface area contributed by atoms with E-state index >= 15 is 0 Å². The summed E-state index contributed by atoms with van der Waals surface area (Å²) in [5.41, 5.74) is -0.756. The second-order valence-electron chi connectivity index (χ2n) is 5.22. The number of thiophene rings is 1. The predicted molar refractivity (Wildman–Crippen MR) is 97.3 cm³/mol. The highest BCUT2D eigenvalue weighted by Crippen LogP contribution is 2.34. The fourth-order valence-corrected chi connectivity index (χ4v) is 3.56. The molecular formula is C18H13ClF3NO2S. The number of fused-ring (bicyclic) bond motifs is 1. The van der Waals surface area contributed by atoms with Gasteiger partial charge in [0.15, 0.2) is 6.61 Å². The van der Waals surface area contributed by atoms with Crippen molar-refractivity contribution in [3.63, 3.8) is 0 Å². The molecule has 0 atom stereocenters. The van der Waals surface area contributed by atoms with Crippen molar-refractivity contribution in [3.05, 3.63) is 64.0 Å². The van der Waals surface area contributed by atoms with E-state index in [-0.39, 0.29) is 19.0 Å². The smallest absolute Gasteiger partial charge is 0.416 e. The third-order valence-electron chi connectivity index (χ3n) is 3.41. The molecule has 0 saturated heterocycles. The molecule has 0 saturated carbocycles. The first-order chi connectivity index (χ1) is 12.4. The van der Waals surface area contributed by atoms with E-state index in [2.05, 4.69) is 5.16 Å². The van der Waals surface area contributed by atoms with Gasteiger partial charge in [-0.2, -0.15) is 13.2 Å². The molecular weight excluding hydrogens is 387 g/mol. The Morgan fingerprint density at radius 2 is 1.88 bits per heavy atom. The van der Waals surface area contributed by atoms with Gasteiger partial charge in [-0.3, -0.25) is 0 Å². The van der Waals surface area contributed by atoms with Crippen molar-refractivity contribution in [1.82, 2.24) is 0 Å². The Morgan fingerprint density at radius 3 is 2.65 bits per heavy atom. The molecule has 0 N–H and O–H groups in total. The second kappa shape index (κ2) is 7.97. The van der Waals surface area contributed by atoms with Crippen LogP contribution < -0.4 is 4.74 Å². The summed E-state index contributed by atoms with van der Waals surface area (Å²) in [6.07, 6.45) is -2.89. The van der Waals surface area contributed by atoms with Gasteiger partial charge < -0.3 is 9.57 Å². The molecule has 8 heteroatoms. The summed E-state index contributed by atoms with van der Waals surface area (Å²) >= 11 is 7.77. The number of alkyl halides is 3. The number of hydrogen-bond donors (Lipinski definition) is 0. The number of benzene rings is 2. The maximum absolute atomic E-state index is 12.6. The number of halogens is 4. The van der Waals surface area contributed by atoms with E-state index in [1.165, 1.54) is 29.7 Å². The van der Waals surface area contributed by atoms with Crippen LogP contribution in [0.15, 0.2) is 53.7 Å². The van der Waals surface area contributed by atoms with Crippen LogP contribution >= 0.6 is 22.9 Å². The van der Waals surface area contributed by atoms with Crippen molar-refractivity contribution in [2.75, 3.05) is 13.2 Å². The lowest BCUT2D eigenvalue weighted by molar-refractivity contribution is -0.137. The van der Waals surface area contributed by atoms with Gasteiger partial charge in [0.2, 0.25) is 0 Å². The lowest BCUT2D eigenvalue weighted by atomic mass is 10.2. The fraction of sp³-hybridized carbons (Fsp3) is 0.167. The maximum Gasteiger partial charge on any atom is 0.416 e. The van der Waals surface area contributed by atoms with Gasteiger partial charge in [-0.15, -0.1) is 11.3 Å². The molecule has 3 aromatic rings. The zero-order valence-corrected chi connectivity index (χ0v) is 14.9. The summed E-state index contributed by atoms with van der Waals surface area (Å²) in [6.45, 7) is 0.161. The lowest BCUT2D eigenvalue weighted by Crippen LogP contribution is -2.07. The summed E-state index contributed by atoms with van der Waals surface area (Å²) in [5, 5.41) is 5.39. The molecule has 3 nitrogen and oxygen atoms in total. The van der Waals surface area contributed by atoms with E-state index < -0.39 is 11.7 Å². The number of hydrogen-bond acceptors (Lipinski definition) is 4. The predicted octanol–water partition coefficient (Wildman–Crippen LogP) is 6.00. The zero-order chi connectivity index (χ0) is 18.6. The van der Waals surface area contributed by atoms with Gasteiger partial charge in [-0.05, 0) is 24.3 Å². The Kier molecular flexibility index (Phi) is 5.68. The van der Waals surface area contributed by atoms with Gasteiger partial charge in [0.1, 0.15) is 12.4 Å². The average Bonchev–Trinajstić information content (AvgIpc) is 2.94. The van der Waals surface area contributed by atoms with Crippen LogP contribution in [0.3, 0.4) is 0 Å². The van der Waals surface area contributed by atoms with Gasteiger partial charge in [-0.1, -0.05) is 41.0 Å². The number of rotatable bonds is 6. The molecule has 3 rings (SSSR count). The highest BCUT2D eigenvalue weighted by molar-refractivity contribution is 7.21. The second-order valence-corrected chi connectivity index (χ2v) is 6.68. The molecule has 1 aromatic heterocycles. The minimum atomic E-state index is -4.40. The molecule has 0 fully saturated rings. The molecule has 2 aromatic carbocycles. The van der Waals surface area contributed by atoms with Gasteiger partial charge in [0.25, 0.3) is 0 Å². The van der Waals surface area contributed by atoms with Crippen LogP contribution in [0.5, 0.6) is 5.75 Å².